The summed E-state index contributed by atoms with van der Waals surface area (Å²) in [5.74, 6) is 6.65. The van der Waals surface area contributed by atoms with Crippen LogP contribution in [0, 0.1) is 11.8 Å². The molecule has 0 aliphatic heterocycles. The molecule has 0 aliphatic carbocycles. The highest BCUT2D eigenvalue weighted by Crippen LogP contribution is 2.19. The molecular weight excluding hydrogens is 488 g/mol. The van der Waals surface area contributed by atoms with Crippen molar-refractivity contribution in [2.45, 2.75) is 65.2 Å². The highest BCUT2D eigenvalue weighted by Gasteiger charge is 2.09. The maximum absolute atomic E-state index is 12.5. The molecule has 5 heteroatoms. The van der Waals surface area contributed by atoms with Crippen molar-refractivity contribution in [2.75, 3.05) is 13.2 Å². The van der Waals surface area contributed by atoms with Crippen molar-refractivity contribution in [1.29, 1.82) is 0 Å². The van der Waals surface area contributed by atoms with Crippen LogP contribution >= 0.6 is 0 Å². The number of ether oxygens (including phenoxy) is 3. The maximum atomic E-state index is 12.5. The summed E-state index contributed by atoms with van der Waals surface area (Å²) in [5, 5.41) is 0. The predicted molar refractivity (Wildman–Crippen MR) is 154 cm³/mol. The maximum Gasteiger partial charge on any atom is 0.343 e. The van der Waals surface area contributed by atoms with Crippen molar-refractivity contribution in [3.05, 3.63) is 95.1 Å². The number of carbonyl (C=O) groups excluding carboxylic acids is 2. The summed E-state index contributed by atoms with van der Waals surface area (Å²) in [6.45, 7) is 5.47. The minimum Gasteiger partial charge on any atom is -0.494 e. The van der Waals surface area contributed by atoms with E-state index in [2.05, 4.69) is 25.7 Å². The first-order valence-corrected chi connectivity index (χ1v) is 13.9. The lowest BCUT2D eigenvalue weighted by molar-refractivity contribution is 0.0497. The van der Waals surface area contributed by atoms with E-state index in [4.69, 9.17) is 14.2 Å². The Morgan fingerprint density at radius 3 is 1.59 bits per heavy atom. The lowest BCUT2D eigenvalue weighted by Gasteiger charge is -2.08. The molecule has 0 saturated carbocycles. The van der Waals surface area contributed by atoms with Crippen molar-refractivity contribution in [2.24, 2.45) is 0 Å². The molecule has 0 aliphatic rings. The van der Waals surface area contributed by atoms with Gasteiger partial charge in [0.25, 0.3) is 0 Å². The number of hydrogen-bond acceptors (Lipinski definition) is 5. The standard InChI is InChI=1S/C34H38O5/c1-3-5-7-9-25-37-31-21-23-32(24-22-31)39-34(36)30-19-15-28(16-20-30)12-11-27-13-17-29(18-14-27)33(35)38-26-10-8-6-4-2/h13-24H,3-10,25-26H2,1-2H3. The summed E-state index contributed by atoms with van der Waals surface area (Å²) in [7, 11) is 0. The van der Waals surface area contributed by atoms with Gasteiger partial charge in [0.1, 0.15) is 11.5 Å². The molecule has 0 fully saturated rings. The molecule has 0 aromatic heterocycles. The van der Waals surface area contributed by atoms with Gasteiger partial charge in [-0.25, -0.2) is 9.59 Å². The fourth-order valence-corrected chi connectivity index (χ4v) is 3.79. The molecule has 3 aromatic rings. The van der Waals surface area contributed by atoms with Gasteiger partial charge in [0.2, 0.25) is 0 Å². The van der Waals surface area contributed by atoms with Gasteiger partial charge in [-0.2, -0.15) is 0 Å². The van der Waals surface area contributed by atoms with E-state index in [1.165, 1.54) is 19.3 Å². The SMILES string of the molecule is CCCCCCOC(=O)c1ccc(C#Cc2ccc(C(=O)Oc3ccc(OCCCCCC)cc3)cc2)cc1. The molecule has 3 rings (SSSR count). The van der Waals surface area contributed by atoms with Gasteiger partial charge in [-0.15, -0.1) is 0 Å². The molecule has 0 spiro atoms. The van der Waals surface area contributed by atoms with E-state index in [1.807, 2.05) is 12.1 Å². The minimum atomic E-state index is -0.435. The van der Waals surface area contributed by atoms with Crippen LogP contribution in [0.3, 0.4) is 0 Å². The summed E-state index contributed by atoms with van der Waals surface area (Å²) in [5.41, 5.74) is 2.51. The Hall–Kier alpha value is -4.04. The molecule has 0 saturated heterocycles. The topological polar surface area (TPSA) is 61.8 Å². The van der Waals surface area contributed by atoms with Crippen LogP contribution in [0.2, 0.25) is 0 Å². The zero-order chi connectivity index (χ0) is 27.7. The second-order valence-corrected chi connectivity index (χ2v) is 9.37. The molecular formula is C34H38O5. The van der Waals surface area contributed by atoms with Gasteiger partial charge in [0.15, 0.2) is 0 Å². The van der Waals surface area contributed by atoms with Crippen LogP contribution in [0.4, 0.5) is 0 Å². The van der Waals surface area contributed by atoms with E-state index < -0.39 is 5.97 Å². The van der Waals surface area contributed by atoms with Gasteiger partial charge in [-0.1, -0.05) is 64.2 Å². The Labute approximate surface area is 232 Å². The van der Waals surface area contributed by atoms with E-state index in [0.717, 1.165) is 49.0 Å². The second kappa shape index (κ2) is 16.7. The zero-order valence-corrected chi connectivity index (χ0v) is 23.0. The zero-order valence-electron chi connectivity index (χ0n) is 23.0. The molecule has 0 amide bonds. The molecule has 5 nitrogen and oxygen atoms in total. The average molecular weight is 527 g/mol. The fraction of sp³-hybridized carbons (Fsp3) is 0.353. The van der Waals surface area contributed by atoms with Gasteiger partial charge >= 0.3 is 11.9 Å². The van der Waals surface area contributed by atoms with Crippen LogP contribution < -0.4 is 9.47 Å². The predicted octanol–water partition coefficient (Wildman–Crippen LogP) is 8.00. The van der Waals surface area contributed by atoms with Crippen LogP contribution in [0.15, 0.2) is 72.8 Å². The minimum absolute atomic E-state index is 0.310. The van der Waals surface area contributed by atoms with E-state index in [9.17, 15) is 9.59 Å². The highest BCUT2D eigenvalue weighted by molar-refractivity contribution is 5.91. The Kier molecular flexibility index (Phi) is 12.7. The molecule has 0 heterocycles. The second-order valence-electron chi connectivity index (χ2n) is 9.37. The van der Waals surface area contributed by atoms with Gasteiger partial charge < -0.3 is 14.2 Å². The van der Waals surface area contributed by atoms with Crippen LogP contribution in [0.5, 0.6) is 11.5 Å². The Bertz CT molecular complexity index is 1220. The normalized spacial score (nSPS) is 10.3. The third-order valence-corrected chi connectivity index (χ3v) is 6.12. The molecule has 39 heavy (non-hydrogen) atoms. The molecule has 0 N–H and O–H groups in total. The van der Waals surface area contributed by atoms with Crippen molar-refractivity contribution >= 4 is 11.9 Å². The summed E-state index contributed by atoms with van der Waals surface area (Å²) in [6, 6.07) is 21.1. The average Bonchev–Trinajstić information content (AvgIpc) is 2.97. The summed E-state index contributed by atoms with van der Waals surface area (Å²) in [4.78, 5) is 24.7. The number of unbranched alkanes of at least 4 members (excludes halogenated alkanes) is 6. The Balaban J connectivity index is 1.46. The lowest BCUT2D eigenvalue weighted by Crippen LogP contribution is -2.08. The monoisotopic (exact) mass is 526 g/mol. The third kappa shape index (κ3) is 10.7. The molecule has 0 unspecified atom stereocenters. The lowest BCUT2D eigenvalue weighted by atomic mass is 10.1. The van der Waals surface area contributed by atoms with Crippen molar-refractivity contribution < 1.29 is 23.8 Å². The van der Waals surface area contributed by atoms with Crippen LogP contribution in [0.1, 0.15) is 97.1 Å². The number of esters is 2. The number of benzene rings is 3. The number of hydrogen-bond donors (Lipinski definition) is 0. The summed E-state index contributed by atoms with van der Waals surface area (Å²) >= 11 is 0. The molecule has 3 aromatic carbocycles. The first-order chi connectivity index (χ1) is 19.1. The molecule has 204 valence electrons. The Morgan fingerprint density at radius 1 is 0.564 bits per heavy atom. The van der Waals surface area contributed by atoms with Crippen LogP contribution in [-0.4, -0.2) is 25.2 Å². The van der Waals surface area contributed by atoms with E-state index >= 15 is 0 Å². The number of carbonyl (C=O) groups is 2. The van der Waals surface area contributed by atoms with Crippen molar-refractivity contribution in [3.8, 4) is 23.3 Å². The van der Waals surface area contributed by atoms with E-state index in [1.54, 1.807) is 60.7 Å². The van der Waals surface area contributed by atoms with Gasteiger partial charge in [0, 0.05) is 11.1 Å². The van der Waals surface area contributed by atoms with Crippen molar-refractivity contribution in [3.63, 3.8) is 0 Å². The first-order valence-electron chi connectivity index (χ1n) is 13.9. The van der Waals surface area contributed by atoms with Crippen molar-refractivity contribution in [1.82, 2.24) is 0 Å². The van der Waals surface area contributed by atoms with E-state index in [-0.39, 0.29) is 5.97 Å². The fourth-order valence-electron chi connectivity index (χ4n) is 3.79. The summed E-state index contributed by atoms with van der Waals surface area (Å²) < 4.78 is 16.5. The van der Waals surface area contributed by atoms with E-state index in [0.29, 0.717) is 30.1 Å². The number of rotatable bonds is 14. The van der Waals surface area contributed by atoms with Crippen LogP contribution in [0.25, 0.3) is 0 Å². The third-order valence-electron chi connectivity index (χ3n) is 6.12. The summed E-state index contributed by atoms with van der Waals surface area (Å²) in [6.07, 6.45) is 8.89. The Morgan fingerprint density at radius 2 is 1.05 bits per heavy atom. The smallest absolute Gasteiger partial charge is 0.343 e. The van der Waals surface area contributed by atoms with Gasteiger partial charge in [0.05, 0.1) is 24.3 Å². The quantitative estimate of drug-likeness (QED) is 0.0922. The first kappa shape index (κ1) is 29.5. The molecule has 0 bridgehead atoms. The largest absolute Gasteiger partial charge is 0.494 e. The molecule has 0 radical (unpaired) electrons. The van der Waals surface area contributed by atoms with Crippen LogP contribution in [-0.2, 0) is 4.74 Å². The van der Waals surface area contributed by atoms with Gasteiger partial charge in [-0.05, 0) is 85.6 Å². The molecule has 0 atom stereocenters. The highest BCUT2D eigenvalue weighted by atomic mass is 16.5. The van der Waals surface area contributed by atoms with Gasteiger partial charge in [-0.3, -0.25) is 0 Å².